The lowest BCUT2D eigenvalue weighted by atomic mass is 10.1. The van der Waals surface area contributed by atoms with Crippen LogP contribution in [0.5, 0.6) is 5.88 Å². The second kappa shape index (κ2) is 4.90. The van der Waals surface area contributed by atoms with Crippen molar-refractivity contribution in [3.8, 4) is 5.88 Å². The van der Waals surface area contributed by atoms with Crippen molar-refractivity contribution in [2.75, 3.05) is 6.54 Å². The van der Waals surface area contributed by atoms with Crippen molar-refractivity contribution in [1.29, 1.82) is 0 Å². The second-order valence-electron chi connectivity index (χ2n) is 3.92. The standard InChI is InChI=1S/C11H14N2O4/c14-8-4-3-5-9(12-8)17-10-6-1-2-7-13(10)11(15)16/h3-5,10H,1-2,6-7H2,(H,12,14)(H,15,16). The highest BCUT2D eigenvalue weighted by molar-refractivity contribution is 5.65. The van der Waals surface area contributed by atoms with Crippen molar-refractivity contribution < 1.29 is 14.6 Å². The number of piperidine rings is 1. The van der Waals surface area contributed by atoms with Gasteiger partial charge >= 0.3 is 6.09 Å². The van der Waals surface area contributed by atoms with E-state index in [4.69, 9.17) is 9.84 Å². The molecular formula is C11H14N2O4. The highest BCUT2D eigenvalue weighted by Crippen LogP contribution is 2.19. The first kappa shape index (κ1) is 11.5. The van der Waals surface area contributed by atoms with Crippen LogP contribution in [0, 0.1) is 0 Å². The lowest BCUT2D eigenvalue weighted by Gasteiger charge is -2.33. The molecule has 2 rings (SSSR count). The van der Waals surface area contributed by atoms with Crippen LogP contribution < -0.4 is 10.3 Å². The van der Waals surface area contributed by atoms with E-state index < -0.39 is 12.3 Å². The fraction of sp³-hybridized carbons (Fsp3) is 0.455. The maximum absolute atomic E-state index is 11.1. The molecule has 6 heteroatoms. The molecule has 6 nitrogen and oxygen atoms in total. The number of H-pyrrole nitrogens is 1. The summed E-state index contributed by atoms with van der Waals surface area (Å²) >= 11 is 0. The Morgan fingerprint density at radius 2 is 2.29 bits per heavy atom. The van der Waals surface area contributed by atoms with Gasteiger partial charge in [0.1, 0.15) is 0 Å². The van der Waals surface area contributed by atoms with Crippen molar-refractivity contribution in [1.82, 2.24) is 9.88 Å². The van der Waals surface area contributed by atoms with E-state index in [2.05, 4.69) is 4.98 Å². The third-order valence-electron chi connectivity index (χ3n) is 2.70. The van der Waals surface area contributed by atoms with Crippen LogP contribution in [-0.2, 0) is 0 Å². The third kappa shape index (κ3) is 2.77. The number of carboxylic acid groups (broad SMARTS) is 1. The van der Waals surface area contributed by atoms with E-state index in [-0.39, 0.29) is 5.56 Å². The highest BCUT2D eigenvalue weighted by atomic mass is 16.5. The number of aromatic amines is 1. The molecule has 2 heterocycles. The zero-order chi connectivity index (χ0) is 12.3. The van der Waals surface area contributed by atoms with Gasteiger partial charge in [-0.05, 0) is 18.9 Å². The zero-order valence-electron chi connectivity index (χ0n) is 9.26. The first-order chi connectivity index (χ1) is 8.16. The molecular weight excluding hydrogens is 224 g/mol. The van der Waals surface area contributed by atoms with Crippen LogP contribution in [0.2, 0.25) is 0 Å². The predicted molar refractivity (Wildman–Crippen MR) is 60.1 cm³/mol. The first-order valence-electron chi connectivity index (χ1n) is 5.52. The molecule has 0 aliphatic carbocycles. The van der Waals surface area contributed by atoms with E-state index in [0.29, 0.717) is 18.8 Å². The van der Waals surface area contributed by atoms with E-state index in [9.17, 15) is 9.59 Å². The minimum absolute atomic E-state index is 0.264. The lowest BCUT2D eigenvalue weighted by molar-refractivity contribution is 0.00327. The van der Waals surface area contributed by atoms with Gasteiger partial charge in [0.25, 0.3) is 5.56 Å². The summed E-state index contributed by atoms with van der Waals surface area (Å²) in [6.07, 6.45) is 0.902. The molecule has 1 aromatic rings. The number of carbonyl (C=O) groups is 1. The Labute approximate surface area is 97.8 Å². The fourth-order valence-electron chi connectivity index (χ4n) is 1.89. The average Bonchev–Trinajstić information content (AvgIpc) is 2.29. The van der Waals surface area contributed by atoms with E-state index >= 15 is 0 Å². The van der Waals surface area contributed by atoms with Crippen molar-refractivity contribution in [2.45, 2.75) is 25.5 Å². The topological polar surface area (TPSA) is 82.6 Å². The summed E-state index contributed by atoms with van der Waals surface area (Å²) in [7, 11) is 0. The molecule has 1 amide bonds. The number of ether oxygens (including phenoxy) is 1. The largest absolute Gasteiger partial charge is 0.465 e. The molecule has 2 N–H and O–H groups in total. The van der Waals surface area contributed by atoms with Gasteiger partial charge in [-0.3, -0.25) is 14.7 Å². The van der Waals surface area contributed by atoms with Gasteiger partial charge in [-0.15, -0.1) is 0 Å². The smallest absolute Gasteiger partial charge is 0.410 e. The Morgan fingerprint density at radius 1 is 1.47 bits per heavy atom. The molecule has 1 atom stereocenters. The summed E-state index contributed by atoms with van der Waals surface area (Å²) < 4.78 is 5.50. The van der Waals surface area contributed by atoms with Crippen LogP contribution in [-0.4, -0.2) is 33.9 Å². The number of hydrogen-bond acceptors (Lipinski definition) is 3. The molecule has 1 unspecified atom stereocenters. The molecule has 17 heavy (non-hydrogen) atoms. The Kier molecular flexibility index (Phi) is 3.32. The van der Waals surface area contributed by atoms with E-state index in [1.165, 1.54) is 11.0 Å². The normalized spacial score (nSPS) is 20.0. The summed E-state index contributed by atoms with van der Waals surface area (Å²) in [5, 5.41) is 9.02. The van der Waals surface area contributed by atoms with E-state index in [1.54, 1.807) is 12.1 Å². The number of nitrogens with one attached hydrogen (secondary N) is 1. The van der Waals surface area contributed by atoms with Crippen LogP contribution in [0.15, 0.2) is 23.0 Å². The molecule has 1 aromatic heterocycles. The summed E-state index contributed by atoms with van der Waals surface area (Å²) in [6.45, 7) is 0.469. The third-order valence-corrected chi connectivity index (χ3v) is 2.70. The molecule has 0 aromatic carbocycles. The van der Waals surface area contributed by atoms with Gasteiger partial charge in [-0.1, -0.05) is 6.07 Å². The van der Waals surface area contributed by atoms with Crippen LogP contribution in [0.4, 0.5) is 4.79 Å². The number of amides is 1. The fourth-order valence-corrected chi connectivity index (χ4v) is 1.89. The van der Waals surface area contributed by atoms with Crippen molar-refractivity contribution in [3.63, 3.8) is 0 Å². The molecule has 1 aliphatic heterocycles. The Morgan fingerprint density at radius 3 is 3.00 bits per heavy atom. The quantitative estimate of drug-likeness (QED) is 0.812. The van der Waals surface area contributed by atoms with E-state index in [1.807, 2.05) is 0 Å². The van der Waals surface area contributed by atoms with Gasteiger partial charge < -0.3 is 9.84 Å². The molecule has 1 fully saturated rings. The maximum atomic E-state index is 11.1. The van der Waals surface area contributed by atoms with Crippen molar-refractivity contribution in [2.24, 2.45) is 0 Å². The SMILES string of the molecule is O=C(O)N1CCCCC1Oc1cccc(=O)[nH]1. The summed E-state index contributed by atoms with van der Waals surface area (Å²) in [5.74, 6) is 0.302. The summed E-state index contributed by atoms with van der Waals surface area (Å²) in [5.41, 5.74) is -0.264. The van der Waals surface area contributed by atoms with Gasteiger partial charge in [0.2, 0.25) is 0 Å². The first-order valence-corrected chi connectivity index (χ1v) is 5.52. The molecule has 92 valence electrons. The van der Waals surface area contributed by atoms with Gasteiger partial charge in [-0.25, -0.2) is 4.79 Å². The number of pyridine rings is 1. The molecule has 1 saturated heterocycles. The average molecular weight is 238 g/mol. The molecule has 0 saturated carbocycles. The van der Waals surface area contributed by atoms with Crippen LogP contribution >= 0.6 is 0 Å². The number of nitrogens with zero attached hydrogens (tertiary/aromatic N) is 1. The highest BCUT2D eigenvalue weighted by Gasteiger charge is 2.27. The number of aromatic nitrogens is 1. The van der Waals surface area contributed by atoms with Crippen molar-refractivity contribution >= 4 is 6.09 Å². The van der Waals surface area contributed by atoms with Gasteiger partial charge in [0.15, 0.2) is 12.1 Å². The number of likely N-dealkylation sites (tertiary alicyclic amines) is 1. The van der Waals surface area contributed by atoms with Gasteiger partial charge in [-0.2, -0.15) is 0 Å². The predicted octanol–water partition coefficient (Wildman–Crippen LogP) is 1.24. The Hall–Kier alpha value is -1.98. The van der Waals surface area contributed by atoms with Crippen LogP contribution in [0.3, 0.4) is 0 Å². The lowest BCUT2D eigenvalue weighted by Crippen LogP contribution is -2.46. The maximum Gasteiger partial charge on any atom is 0.410 e. The zero-order valence-corrected chi connectivity index (χ0v) is 9.26. The summed E-state index contributed by atoms with van der Waals surface area (Å²) in [4.78, 5) is 25.9. The minimum Gasteiger partial charge on any atom is -0.465 e. The van der Waals surface area contributed by atoms with Gasteiger partial charge in [0.05, 0.1) is 0 Å². The Bertz CT molecular complexity index is 457. The molecule has 0 spiro atoms. The van der Waals surface area contributed by atoms with Crippen LogP contribution in [0.25, 0.3) is 0 Å². The molecule has 0 bridgehead atoms. The van der Waals surface area contributed by atoms with Crippen LogP contribution in [0.1, 0.15) is 19.3 Å². The van der Waals surface area contributed by atoms with E-state index in [0.717, 1.165) is 12.8 Å². The van der Waals surface area contributed by atoms with Crippen molar-refractivity contribution in [3.05, 3.63) is 28.6 Å². The number of hydrogen-bond donors (Lipinski definition) is 2. The summed E-state index contributed by atoms with van der Waals surface area (Å²) in [6, 6.07) is 4.56. The van der Waals surface area contributed by atoms with Gasteiger partial charge in [0, 0.05) is 19.0 Å². The monoisotopic (exact) mass is 238 g/mol. The molecule has 1 aliphatic rings. The second-order valence-corrected chi connectivity index (χ2v) is 3.92. The molecule has 0 radical (unpaired) electrons. The Balaban J connectivity index is 2.10. The minimum atomic E-state index is -0.993. The number of rotatable bonds is 2.